The molecule has 0 saturated carbocycles. The molecular formula is C59H54N3OPt-. The summed E-state index contributed by atoms with van der Waals surface area (Å²) in [5, 5.41) is 11.8. The third-order valence-corrected chi connectivity index (χ3v) is 12.0. The van der Waals surface area contributed by atoms with Crippen LogP contribution in [-0.4, -0.2) is 19.6 Å². The largest absolute Gasteiger partial charge is 0.507 e. The predicted octanol–water partition coefficient (Wildman–Crippen LogP) is 15.4. The molecule has 4 nitrogen and oxygen atoms in total. The van der Waals surface area contributed by atoms with Crippen molar-refractivity contribution in [3.05, 3.63) is 192 Å². The molecule has 2 heterocycles. The number of para-hydroxylation sites is 1. The van der Waals surface area contributed by atoms with Crippen LogP contribution in [0.1, 0.15) is 73.5 Å². The first-order valence-electron chi connectivity index (χ1n) is 23.1. The Morgan fingerprint density at radius 3 is 1.84 bits per heavy atom. The van der Waals surface area contributed by atoms with E-state index in [1.165, 1.54) is 11.1 Å². The Kier molecular flexibility index (Phi) is 10.9. The van der Waals surface area contributed by atoms with Crippen LogP contribution in [0.5, 0.6) is 5.75 Å². The number of phenols is 1. The number of hydrogen-bond acceptors (Lipinski definition) is 3. The molecule has 5 heteroatoms. The van der Waals surface area contributed by atoms with Crippen molar-refractivity contribution in [1.29, 1.82) is 0 Å². The number of imidazole rings is 1. The number of aromatic hydroxyl groups is 1. The van der Waals surface area contributed by atoms with E-state index in [4.69, 9.17) is 14.1 Å². The topological polar surface area (TPSA) is 50.9 Å². The number of aryl methyl sites for hydroxylation is 3. The average Bonchev–Trinajstić information content (AvgIpc) is 3.69. The Balaban J connectivity index is 0.00000608. The quantitative estimate of drug-likeness (QED) is 0.162. The van der Waals surface area contributed by atoms with Crippen LogP contribution in [0.25, 0.3) is 83.9 Å². The number of nitrogens with zero attached hydrogens (tertiary/aromatic N) is 3. The molecule has 0 unspecified atom stereocenters. The van der Waals surface area contributed by atoms with Crippen LogP contribution in [0.4, 0.5) is 0 Å². The van der Waals surface area contributed by atoms with Crippen LogP contribution in [0.3, 0.4) is 0 Å². The minimum atomic E-state index is -2.51. The van der Waals surface area contributed by atoms with E-state index in [0.29, 0.717) is 33.7 Å². The summed E-state index contributed by atoms with van der Waals surface area (Å²) in [4.78, 5) is 10.3. The molecule has 322 valence electrons. The molecule has 0 aliphatic heterocycles. The summed E-state index contributed by atoms with van der Waals surface area (Å²) in [6.45, 7) is 14.6. The Labute approximate surface area is 397 Å². The molecule has 0 fully saturated rings. The van der Waals surface area contributed by atoms with Gasteiger partial charge in [0.05, 0.1) is 22.3 Å². The average molecular weight is 1020 g/mol. The number of benzene rings is 7. The summed E-state index contributed by atoms with van der Waals surface area (Å²) in [6, 6.07) is 54.8. The zero-order valence-corrected chi connectivity index (χ0v) is 39.9. The van der Waals surface area contributed by atoms with Crippen molar-refractivity contribution in [2.75, 3.05) is 0 Å². The molecule has 0 saturated heterocycles. The molecule has 0 aliphatic rings. The number of rotatable bonds is 7. The van der Waals surface area contributed by atoms with Gasteiger partial charge in [-0.3, -0.25) is 9.55 Å². The van der Waals surface area contributed by atoms with E-state index in [1.54, 1.807) is 0 Å². The van der Waals surface area contributed by atoms with Crippen LogP contribution in [0.2, 0.25) is 0 Å². The van der Waals surface area contributed by atoms with E-state index < -0.39 is 6.85 Å². The Bertz CT molecular complexity index is 3260. The van der Waals surface area contributed by atoms with E-state index in [0.717, 1.165) is 61.3 Å². The van der Waals surface area contributed by atoms with Gasteiger partial charge in [-0.2, -0.15) is 0 Å². The number of pyridine rings is 1. The molecule has 1 N–H and O–H groups in total. The van der Waals surface area contributed by atoms with E-state index in [-0.39, 0.29) is 43.2 Å². The van der Waals surface area contributed by atoms with Gasteiger partial charge >= 0.3 is 0 Å². The maximum absolute atomic E-state index is 11.8. The van der Waals surface area contributed by atoms with Crippen molar-refractivity contribution in [3.63, 3.8) is 0 Å². The molecule has 0 aliphatic carbocycles. The second-order valence-electron chi connectivity index (χ2n) is 18.8. The van der Waals surface area contributed by atoms with E-state index in [2.05, 4.69) is 108 Å². The van der Waals surface area contributed by atoms with Crippen LogP contribution in [-0.2, 0) is 31.9 Å². The number of phenolic OH excluding ortho intramolecular Hbond substituents is 1. The van der Waals surface area contributed by atoms with Gasteiger partial charge in [-0.15, -0.1) is 23.8 Å². The van der Waals surface area contributed by atoms with Gasteiger partial charge in [-0.1, -0.05) is 167 Å². The third-order valence-electron chi connectivity index (χ3n) is 12.0. The fraction of sp³-hybridized carbons (Fsp3) is 0.186. The second-order valence-corrected chi connectivity index (χ2v) is 18.8. The molecular weight excluding hydrogens is 962 g/mol. The van der Waals surface area contributed by atoms with Crippen molar-refractivity contribution in [3.8, 4) is 78.6 Å². The van der Waals surface area contributed by atoms with Crippen LogP contribution >= 0.6 is 0 Å². The van der Waals surface area contributed by atoms with E-state index >= 15 is 0 Å². The zero-order chi connectivity index (χ0) is 46.7. The maximum atomic E-state index is 11.8. The number of aromatic nitrogens is 3. The minimum absolute atomic E-state index is 0. The normalized spacial score (nSPS) is 12.7. The monoisotopic (exact) mass is 1020 g/mol. The van der Waals surface area contributed by atoms with Crippen LogP contribution in [0.15, 0.2) is 158 Å². The van der Waals surface area contributed by atoms with Gasteiger partial charge < -0.3 is 5.11 Å². The number of hydrogen-bond donors (Lipinski definition) is 1. The molecule has 0 radical (unpaired) electrons. The molecule has 0 bridgehead atoms. The molecule has 0 spiro atoms. The summed E-state index contributed by atoms with van der Waals surface area (Å²) in [6.07, 6.45) is 1.84. The Hall–Kier alpha value is -6.35. The summed E-state index contributed by atoms with van der Waals surface area (Å²) >= 11 is 0. The van der Waals surface area contributed by atoms with Gasteiger partial charge in [0.1, 0.15) is 11.6 Å². The fourth-order valence-corrected chi connectivity index (χ4v) is 8.48. The van der Waals surface area contributed by atoms with Crippen molar-refractivity contribution in [2.24, 2.45) is 0 Å². The van der Waals surface area contributed by atoms with Crippen LogP contribution < -0.4 is 0 Å². The molecule has 2 aromatic heterocycles. The van der Waals surface area contributed by atoms with Crippen molar-refractivity contribution >= 4 is 11.0 Å². The Morgan fingerprint density at radius 1 is 0.562 bits per heavy atom. The maximum Gasteiger partial charge on any atom is 0.148 e. The summed E-state index contributed by atoms with van der Waals surface area (Å²) in [7, 11) is 0. The summed E-state index contributed by atoms with van der Waals surface area (Å²) in [5.74, 6) is 0.519. The standard InChI is InChI=1S/C59H54N3O.Pt/c1-37-27-39(3)56(63)51(28-37)57-61-55-50(46-30-44(41-19-14-11-15-20-41)31-47(32-46)52-35-43(25-26-60-52)40-17-12-10-13-18-40)21-16-22-54(55)62(57)53-24-23-42(29-38(53)2)45-33-48(58(4,5)6)36-49(34-45)59(7,8)9;/h10-31,33-36,63H,1-9H3;/q-1;/i2D3;. The first-order chi connectivity index (χ1) is 31.3. The molecule has 7 aromatic carbocycles. The van der Waals surface area contributed by atoms with Crippen LogP contribution in [0, 0.1) is 26.8 Å². The fourth-order valence-electron chi connectivity index (χ4n) is 8.48. The molecule has 64 heavy (non-hydrogen) atoms. The van der Waals surface area contributed by atoms with E-state index in [1.807, 2.05) is 116 Å². The van der Waals surface area contributed by atoms with Gasteiger partial charge in [-0.25, -0.2) is 4.98 Å². The van der Waals surface area contributed by atoms with Gasteiger partial charge in [-0.05, 0) is 117 Å². The molecule has 0 atom stereocenters. The first-order valence-corrected chi connectivity index (χ1v) is 21.6. The zero-order valence-electron chi connectivity index (χ0n) is 40.6. The van der Waals surface area contributed by atoms with Gasteiger partial charge in [0.25, 0.3) is 0 Å². The van der Waals surface area contributed by atoms with Gasteiger partial charge in [0.2, 0.25) is 0 Å². The van der Waals surface area contributed by atoms with Crippen molar-refractivity contribution < 1.29 is 30.3 Å². The van der Waals surface area contributed by atoms with Gasteiger partial charge in [0, 0.05) is 37.1 Å². The van der Waals surface area contributed by atoms with Gasteiger partial charge in [0.15, 0.2) is 0 Å². The molecule has 9 rings (SSSR count). The minimum Gasteiger partial charge on any atom is -0.507 e. The van der Waals surface area contributed by atoms with Crippen molar-refractivity contribution in [2.45, 2.75) is 73.1 Å². The Morgan fingerprint density at radius 2 is 1.19 bits per heavy atom. The summed E-state index contributed by atoms with van der Waals surface area (Å²) in [5.41, 5.74) is 15.4. The molecule has 9 aromatic rings. The first kappa shape index (κ1) is 40.4. The molecule has 0 amide bonds. The smallest absolute Gasteiger partial charge is 0.148 e. The third kappa shape index (κ3) is 8.65. The van der Waals surface area contributed by atoms with E-state index in [9.17, 15) is 5.11 Å². The summed E-state index contributed by atoms with van der Waals surface area (Å²) < 4.78 is 29.1. The second kappa shape index (κ2) is 17.3. The number of fused-ring (bicyclic) bond motifs is 1. The predicted molar refractivity (Wildman–Crippen MR) is 264 cm³/mol. The van der Waals surface area contributed by atoms with Crippen molar-refractivity contribution in [1.82, 2.24) is 14.5 Å². The SMILES string of the molecule is [2H]C([2H])([2H])c1cc(-c2cc(C(C)(C)C)cc(C(C)(C)C)c2)ccc1-n1c(-c2cc(C)cc(C)c2O)nc2c(-c3[c-]c(-c4cc(-c5ccccc5)ccn4)cc(-c4ccccc4)c3)cccc21.[Pt].